The molecule has 2 aliphatic heterocycles. The Labute approximate surface area is 149 Å². The fourth-order valence-corrected chi connectivity index (χ4v) is 4.06. The molecule has 5 heteroatoms. The van der Waals surface area contributed by atoms with Crippen LogP contribution in [0.3, 0.4) is 0 Å². The van der Waals surface area contributed by atoms with Crippen LogP contribution in [-0.4, -0.2) is 45.9 Å². The second-order valence-corrected chi connectivity index (χ2v) is 7.39. The molecule has 3 heterocycles. The van der Waals surface area contributed by atoms with Gasteiger partial charge in [-0.1, -0.05) is 30.3 Å². The van der Waals surface area contributed by atoms with E-state index in [1.807, 2.05) is 18.5 Å². The molecule has 0 amide bonds. The van der Waals surface area contributed by atoms with Crippen LogP contribution in [0.25, 0.3) is 0 Å². The van der Waals surface area contributed by atoms with Crippen molar-refractivity contribution in [3.8, 4) is 0 Å². The zero-order chi connectivity index (χ0) is 17.1. The first-order chi connectivity index (χ1) is 12.2. The zero-order valence-electron chi connectivity index (χ0n) is 14.9. The van der Waals surface area contributed by atoms with Gasteiger partial charge < -0.3 is 14.0 Å². The van der Waals surface area contributed by atoms with Gasteiger partial charge in [-0.15, -0.1) is 0 Å². The number of nitrogens with zero attached hydrogens (tertiary/aromatic N) is 3. The first-order valence-electron chi connectivity index (χ1n) is 9.20. The predicted octanol–water partition coefficient (Wildman–Crippen LogP) is 2.76. The Kier molecular flexibility index (Phi) is 4.88. The van der Waals surface area contributed by atoms with Crippen molar-refractivity contribution in [2.24, 2.45) is 7.05 Å². The molecular formula is C20H27N3O2. The number of aromatic nitrogens is 2. The SMILES string of the molecule is Cn1ccnc1CN1CCCC2(CC(OCc3ccccc3)CO2)C1. The molecule has 0 saturated carbocycles. The molecule has 0 bridgehead atoms. The van der Waals surface area contributed by atoms with E-state index in [2.05, 4.69) is 45.8 Å². The lowest BCUT2D eigenvalue weighted by Crippen LogP contribution is -2.47. The maximum absolute atomic E-state index is 6.27. The minimum Gasteiger partial charge on any atom is -0.371 e. The van der Waals surface area contributed by atoms with Crippen molar-refractivity contribution in [3.05, 3.63) is 54.1 Å². The molecule has 4 rings (SSSR count). The largest absolute Gasteiger partial charge is 0.371 e. The van der Waals surface area contributed by atoms with E-state index in [1.165, 1.54) is 12.0 Å². The Morgan fingerprint density at radius 2 is 2.20 bits per heavy atom. The summed E-state index contributed by atoms with van der Waals surface area (Å²) in [5, 5.41) is 0. The van der Waals surface area contributed by atoms with Gasteiger partial charge in [-0.3, -0.25) is 4.90 Å². The zero-order valence-corrected chi connectivity index (χ0v) is 14.9. The smallest absolute Gasteiger partial charge is 0.122 e. The molecule has 2 aromatic rings. The average molecular weight is 341 g/mol. The van der Waals surface area contributed by atoms with E-state index in [9.17, 15) is 0 Å². The lowest BCUT2D eigenvalue weighted by Gasteiger charge is -2.39. The molecule has 1 aromatic carbocycles. The monoisotopic (exact) mass is 341 g/mol. The Bertz CT molecular complexity index is 687. The van der Waals surface area contributed by atoms with Crippen LogP contribution in [0.5, 0.6) is 0 Å². The number of aryl methyl sites for hydroxylation is 1. The topological polar surface area (TPSA) is 39.5 Å². The summed E-state index contributed by atoms with van der Waals surface area (Å²) in [5.41, 5.74) is 1.19. The minimum atomic E-state index is -0.0369. The van der Waals surface area contributed by atoms with Crippen LogP contribution < -0.4 is 0 Å². The highest BCUT2D eigenvalue weighted by Crippen LogP contribution is 2.36. The van der Waals surface area contributed by atoms with Crippen molar-refractivity contribution in [3.63, 3.8) is 0 Å². The first kappa shape index (κ1) is 16.8. The van der Waals surface area contributed by atoms with Crippen LogP contribution in [0.1, 0.15) is 30.7 Å². The number of hydrogen-bond acceptors (Lipinski definition) is 4. The number of likely N-dealkylation sites (tertiary alicyclic amines) is 1. The van der Waals surface area contributed by atoms with E-state index >= 15 is 0 Å². The quantitative estimate of drug-likeness (QED) is 0.838. The van der Waals surface area contributed by atoms with Crippen LogP contribution in [0.15, 0.2) is 42.7 Å². The summed E-state index contributed by atoms with van der Waals surface area (Å²) in [6.45, 7) is 4.37. The summed E-state index contributed by atoms with van der Waals surface area (Å²) >= 11 is 0. The van der Waals surface area contributed by atoms with Gasteiger partial charge in [0.2, 0.25) is 0 Å². The third kappa shape index (κ3) is 3.94. The summed E-state index contributed by atoms with van der Waals surface area (Å²) in [6.07, 6.45) is 7.39. The Balaban J connectivity index is 1.32. The first-order valence-corrected chi connectivity index (χ1v) is 9.20. The highest BCUT2D eigenvalue weighted by Gasteiger charge is 2.43. The van der Waals surface area contributed by atoms with E-state index in [1.54, 1.807) is 0 Å². The molecule has 5 nitrogen and oxygen atoms in total. The predicted molar refractivity (Wildman–Crippen MR) is 96.0 cm³/mol. The number of ether oxygens (including phenoxy) is 2. The van der Waals surface area contributed by atoms with Gasteiger partial charge in [-0.05, 0) is 24.9 Å². The second kappa shape index (κ2) is 7.28. The summed E-state index contributed by atoms with van der Waals surface area (Å²) < 4.78 is 14.5. The van der Waals surface area contributed by atoms with Crippen LogP contribution in [-0.2, 0) is 29.7 Å². The van der Waals surface area contributed by atoms with Gasteiger partial charge in [0.15, 0.2) is 0 Å². The third-order valence-corrected chi connectivity index (χ3v) is 5.41. The fourth-order valence-electron chi connectivity index (χ4n) is 4.06. The molecule has 2 saturated heterocycles. The number of imidazole rings is 1. The Hall–Kier alpha value is -1.69. The molecule has 0 radical (unpaired) electrons. The standard InChI is InChI=1S/C20H27N3O2/c1-22-11-9-21-19(22)13-23-10-5-8-20(16-23)12-18(15-25-20)24-14-17-6-3-2-4-7-17/h2-4,6-7,9,11,18H,5,8,10,12-16H2,1H3. The molecule has 0 aliphatic carbocycles. The van der Waals surface area contributed by atoms with E-state index in [-0.39, 0.29) is 11.7 Å². The van der Waals surface area contributed by atoms with Crippen molar-refractivity contribution < 1.29 is 9.47 Å². The van der Waals surface area contributed by atoms with E-state index in [4.69, 9.17) is 9.47 Å². The molecule has 2 unspecified atom stereocenters. The summed E-state index contributed by atoms with van der Waals surface area (Å²) in [5.74, 6) is 1.12. The van der Waals surface area contributed by atoms with Gasteiger partial charge in [0, 0.05) is 32.4 Å². The summed E-state index contributed by atoms with van der Waals surface area (Å²) in [4.78, 5) is 6.94. The van der Waals surface area contributed by atoms with Crippen molar-refractivity contribution in [2.45, 2.75) is 44.1 Å². The van der Waals surface area contributed by atoms with E-state index < -0.39 is 0 Å². The molecule has 2 aliphatic rings. The third-order valence-electron chi connectivity index (χ3n) is 5.41. The normalized spacial score (nSPS) is 27.2. The van der Waals surface area contributed by atoms with Gasteiger partial charge >= 0.3 is 0 Å². The molecule has 1 aromatic heterocycles. The molecule has 134 valence electrons. The number of benzene rings is 1. The summed E-state index contributed by atoms with van der Waals surface area (Å²) in [7, 11) is 2.06. The average Bonchev–Trinajstić information content (AvgIpc) is 3.21. The maximum atomic E-state index is 6.27. The van der Waals surface area contributed by atoms with Crippen molar-refractivity contribution in [1.82, 2.24) is 14.5 Å². The maximum Gasteiger partial charge on any atom is 0.122 e. The highest BCUT2D eigenvalue weighted by atomic mass is 16.6. The van der Waals surface area contributed by atoms with Crippen LogP contribution in [0.4, 0.5) is 0 Å². The van der Waals surface area contributed by atoms with Gasteiger partial charge in [-0.25, -0.2) is 4.98 Å². The lowest BCUT2D eigenvalue weighted by atomic mass is 9.89. The van der Waals surface area contributed by atoms with Crippen LogP contribution >= 0.6 is 0 Å². The Morgan fingerprint density at radius 3 is 3.00 bits per heavy atom. The Morgan fingerprint density at radius 1 is 1.32 bits per heavy atom. The molecule has 0 N–H and O–H groups in total. The number of hydrogen-bond donors (Lipinski definition) is 0. The summed E-state index contributed by atoms with van der Waals surface area (Å²) in [6, 6.07) is 10.4. The number of piperidine rings is 1. The molecule has 2 atom stereocenters. The van der Waals surface area contributed by atoms with Gasteiger partial charge in [0.1, 0.15) is 5.82 Å². The van der Waals surface area contributed by atoms with Gasteiger partial charge in [-0.2, -0.15) is 0 Å². The van der Waals surface area contributed by atoms with Crippen LogP contribution in [0, 0.1) is 0 Å². The molecule has 1 spiro atoms. The minimum absolute atomic E-state index is 0.0369. The molecule has 25 heavy (non-hydrogen) atoms. The van der Waals surface area contributed by atoms with Crippen LogP contribution in [0.2, 0.25) is 0 Å². The van der Waals surface area contributed by atoms with Gasteiger partial charge in [0.05, 0.1) is 31.5 Å². The molecule has 2 fully saturated rings. The lowest BCUT2D eigenvalue weighted by molar-refractivity contribution is -0.0554. The van der Waals surface area contributed by atoms with Crippen molar-refractivity contribution in [2.75, 3.05) is 19.7 Å². The van der Waals surface area contributed by atoms with E-state index in [0.717, 1.165) is 38.3 Å². The highest BCUT2D eigenvalue weighted by molar-refractivity contribution is 5.13. The number of rotatable bonds is 5. The van der Waals surface area contributed by atoms with E-state index in [0.29, 0.717) is 13.2 Å². The van der Waals surface area contributed by atoms with Crippen molar-refractivity contribution in [1.29, 1.82) is 0 Å². The van der Waals surface area contributed by atoms with Gasteiger partial charge in [0.25, 0.3) is 0 Å². The van der Waals surface area contributed by atoms with Crippen molar-refractivity contribution >= 4 is 0 Å². The second-order valence-electron chi connectivity index (χ2n) is 7.39. The molecular weight excluding hydrogens is 314 g/mol. The fraction of sp³-hybridized carbons (Fsp3) is 0.550.